The van der Waals surface area contributed by atoms with Gasteiger partial charge in [-0.2, -0.15) is 0 Å². The molecule has 25 heavy (non-hydrogen) atoms. The van der Waals surface area contributed by atoms with Crippen molar-refractivity contribution in [3.63, 3.8) is 0 Å². The van der Waals surface area contributed by atoms with Gasteiger partial charge in [0, 0.05) is 0 Å². The van der Waals surface area contributed by atoms with E-state index in [0.717, 1.165) is 0 Å². The van der Waals surface area contributed by atoms with Gasteiger partial charge in [0.2, 0.25) is 11.8 Å². The highest BCUT2D eigenvalue weighted by Gasteiger charge is 2.27. The molecule has 3 N–H and O–H groups in total. The molecule has 1 rings (SSSR count). The van der Waals surface area contributed by atoms with Gasteiger partial charge in [0.05, 0.1) is 6.54 Å². The number of amides is 2. The molecule has 9 heteroatoms. The molecule has 1 heterocycles. The number of alkyl carbamates (subject to hydrolysis) is 1. The lowest BCUT2D eigenvalue weighted by atomic mass is 10.0. The summed E-state index contributed by atoms with van der Waals surface area (Å²) in [6, 6.07) is -0.815. The van der Waals surface area contributed by atoms with Crippen molar-refractivity contribution in [3.8, 4) is 0 Å². The fraction of sp³-hybridized carbons (Fsp3) is 0.625. The highest BCUT2D eigenvalue weighted by Crippen LogP contribution is 2.11. The summed E-state index contributed by atoms with van der Waals surface area (Å²) in [5, 5.41) is 14.0. The number of nitrogens with zero attached hydrogens (tertiary/aromatic N) is 1. The van der Waals surface area contributed by atoms with E-state index in [1.165, 1.54) is 6.92 Å². The first kappa shape index (κ1) is 20.5. The van der Waals surface area contributed by atoms with Gasteiger partial charge < -0.3 is 24.9 Å². The lowest BCUT2D eigenvalue weighted by Gasteiger charge is -2.25. The van der Waals surface area contributed by atoms with Crippen LogP contribution in [0.15, 0.2) is 4.42 Å². The van der Waals surface area contributed by atoms with Gasteiger partial charge in [0.15, 0.2) is 5.69 Å². The van der Waals surface area contributed by atoms with E-state index >= 15 is 0 Å². The molecule has 0 saturated carbocycles. The summed E-state index contributed by atoms with van der Waals surface area (Å²) in [6.45, 7) is 10.1. The Morgan fingerprint density at radius 3 is 2.32 bits per heavy atom. The molecular weight excluding hydrogens is 330 g/mol. The van der Waals surface area contributed by atoms with Crippen molar-refractivity contribution in [2.24, 2.45) is 5.92 Å². The molecule has 1 aromatic rings. The second-order valence-corrected chi connectivity index (χ2v) is 6.90. The molecule has 1 atom stereocenters. The molecule has 0 radical (unpaired) electrons. The fourth-order valence-corrected chi connectivity index (χ4v) is 1.97. The van der Waals surface area contributed by atoms with Crippen LogP contribution in [0.1, 0.15) is 56.8 Å². The van der Waals surface area contributed by atoms with Gasteiger partial charge in [0.1, 0.15) is 17.4 Å². The minimum Gasteiger partial charge on any atom is -0.476 e. The van der Waals surface area contributed by atoms with Gasteiger partial charge in [-0.05, 0) is 33.6 Å². The molecular formula is C16H25N3O6. The van der Waals surface area contributed by atoms with E-state index < -0.39 is 29.6 Å². The van der Waals surface area contributed by atoms with Crippen molar-refractivity contribution in [2.75, 3.05) is 0 Å². The summed E-state index contributed by atoms with van der Waals surface area (Å²) in [6.07, 6.45) is -0.693. The molecule has 0 saturated heterocycles. The number of oxazole rings is 1. The average Bonchev–Trinajstić information content (AvgIpc) is 2.81. The molecule has 0 aliphatic carbocycles. The van der Waals surface area contributed by atoms with E-state index in [9.17, 15) is 14.4 Å². The van der Waals surface area contributed by atoms with Crippen molar-refractivity contribution in [1.82, 2.24) is 15.6 Å². The quantitative estimate of drug-likeness (QED) is 0.709. The van der Waals surface area contributed by atoms with E-state index in [0.29, 0.717) is 0 Å². The molecule has 0 fully saturated rings. The van der Waals surface area contributed by atoms with Gasteiger partial charge in [-0.15, -0.1) is 0 Å². The summed E-state index contributed by atoms with van der Waals surface area (Å²) < 4.78 is 10.3. The Bertz CT molecular complexity index is 645. The first-order chi connectivity index (χ1) is 11.4. The number of hydrogen-bond acceptors (Lipinski definition) is 6. The zero-order valence-corrected chi connectivity index (χ0v) is 15.3. The van der Waals surface area contributed by atoms with E-state index in [1.807, 2.05) is 0 Å². The summed E-state index contributed by atoms with van der Waals surface area (Å²) in [7, 11) is 0. The second kappa shape index (κ2) is 8.00. The lowest BCUT2D eigenvalue weighted by Crippen LogP contribution is -2.50. The Balaban J connectivity index is 2.69. The predicted octanol–water partition coefficient (Wildman–Crippen LogP) is 1.85. The first-order valence-electron chi connectivity index (χ1n) is 7.87. The number of ether oxygens (including phenoxy) is 1. The van der Waals surface area contributed by atoms with Crippen molar-refractivity contribution in [1.29, 1.82) is 0 Å². The predicted molar refractivity (Wildman–Crippen MR) is 88.0 cm³/mol. The number of aromatic carboxylic acids is 1. The van der Waals surface area contributed by atoms with Crippen LogP contribution in [0, 0.1) is 12.8 Å². The van der Waals surface area contributed by atoms with Gasteiger partial charge in [-0.3, -0.25) is 4.79 Å². The van der Waals surface area contributed by atoms with Crippen LogP contribution in [-0.4, -0.2) is 39.7 Å². The van der Waals surface area contributed by atoms with Crippen molar-refractivity contribution < 1.29 is 28.6 Å². The standard InChI is InChI=1S/C16H25N3O6/c1-8(2)11(19-15(23)25-16(4,5)6)13(20)17-7-10-18-12(14(21)22)9(3)24-10/h8,11H,7H2,1-6H3,(H,17,20)(H,19,23)(H,21,22)/t11-/m0/s1. The van der Waals surface area contributed by atoms with Gasteiger partial charge in [-0.25, -0.2) is 14.6 Å². The number of carbonyl (C=O) groups excluding carboxylic acids is 2. The minimum atomic E-state index is -1.20. The van der Waals surface area contributed by atoms with Crippen LogP contribution < -0.4 is 10.6 Å². The van der Waals surface area contributed by atoms with Crippen LogP contribution in [0.5, 0.6) is 0 Å². The van der Waals surface area contributed by atoms with Crippen LogP contribution in [-0.2, 0) is 16.1 Å². The van der Waals surface area contributed by atoms with Crippen molar-refractivity contribution >= 4 is 18.0 Å². The third-order valence-corrected chi connectivity index (χ3v) is 3.08. The number of hydrogen-bond donors (Lipinski definition) is 3. The van der Waals surface area contributed by atoms with Crippen molar-refractivity contribution in [3.05, 3.63) is 17.3 Å². The van der Waals surface area contributed by atoms with E-state index in [1.54, 1.807) is 34.6 Å². The molecule has 0 aromatic carbocycles. The molecule has 0 unspecified atom stereocenters. The van der Waals surface area contributed by atoms with E-state index in [2.05, 4.69) is 15.6 Å². The summed E-state index contributed by atoms with van der Waals surface area (Å²) in [5.41, 5.74) is -0.873. The Labute approximate surface area is 146 Å². The summed E-state index contributed by atoms with van der Waals surface area (Å²) in [4.78, 5) is 38.9. The molecule has 0 bridgehead atoms. The Morgan fingerprint density at radius 1 is 1.28 bits per heavy atom. The number of carboxylic acids is 1. The van der Waals surface area contributed by atoms with Crippen LogP contribution in [0.2, 0.25) is 0 Å². The Hall–Kier alpha value is -2.58. The number of aromatic nitrogens is 1. The number of carboxylic acid groups (broad SMARTS) is 1. The average molecular weight is 355 g/mol. The van der Waals surface area contributed by atoms with Gasteiger partial charge >= 0.3 is 12.1 Å². The Kier molecular flexibility index (Phi) is 6.55. The van der Waals surface area contributed by atoms with Crippen LogP contribution in [0.3, 0.4) is 0 Å². The van der Waals surface area contributed by atoms with E-state index in [4.69, 9.17) is 14.3 Å². The SMILES string of the molecule is Cc1oc(CNC(=O)[C@@H](NC(=O)OC(C)(C)C)C(C)C)nc1C(=O)O. The smallest absolute Gasteiger partial charge is 0.408 e. The molecule has 140 valence electrons. The van der Waals surface area contributed by atoms with E-state index in [-0.39, 0.29) is 29.8 Å². The Morgan fingerprint density at radius 2 is 1.88 bits per heavy atom. The summed E-state index contributed by atoms with van der Waals surface area (Å²) >= 11 is 0. The van der Waals surface area contributed by atoms with Crippen LogP contribution in [0.25, 0.3) is 0 Å². The number of rotatable bonds is 6. The monoisotopic (exact) mass is 355 g/mol. The highest BCUT2D eigenvalue weighted by molar-refractivity contribution is 5.87. The highest BCUT2D eigenvalue weighted by atomic mass is 16.6. The maximum atomic E-state index is 12.3. The topological polar surface area (TPSA) is 131 Å². The maximum absolute atomic E-state index is 12.3. The molecule has 1 aromatic heterocycles. The molecule has 2 amide bonds. The zero-order valence-electron chi connectivity index (χ0n) is 15.3. The third-order valence-electron chi connectivity index (χ3n) is 3.08. The molecule has 9 nitrogen and oxygen atoms in total. The van der Waals surface area contributed by atoms with Gasteiger partial charge in [0.25, 0.3) is 0 Å². The fourth-order valence-electron chi connectivity index (χ4n) is 1.97. The summed E-state index contributed by atoms with van der Waals surface area (Å²) in [5.74, 6) is -1.61. The first-order valence-corrected chi connectivity index (χ1v) is 7.87. The van der Waals surface area contributed by atoms with Crippen LogP contribution in [0.4, 0.5) is 4.79 Å². The largest absolute Gasteiger partial charge is 0.476 e. The molecule has 0 aliphatic rings. The van der Waals surface area contributed by atoms with Gasteiger partial charge in [-0.1, -0.05) is 13.8 Å². The number of carbonyl (C=O) groups is 3. The number of aryl methyl sites for hydroxylation is 1. The number of nitrogens with one attached hydrogen (secondary N) is 2. The molecule has 0 aliphatic heterocycles. The zero-order chi connectivity index (χ0) is 19.4. The minimum absolute atomic E-state index is 0.0722. The third kappa shape index (κ3) is 6.44. The van der Waals surface area contributed by atoms with Crippen molar-refractivity contribution in [2.45, 2.75) is 59.7 Å². The lowest BCUT2D eigenvalue weighted by molar-refractivity contribution is -0.124. The van der Waals surface area contributed by atoms with Crippen LogP contribution >= 0.6 is 0 Å². The maximum Gasteiger partial charge on any atom is 0.408 e. The second-order valence-electron chi connectivity index (χ2n) is 6.90. The normalized spacial score (nSPS) is 12.6. The molecule has 0 spiro atoms.